The Bertz CT molecular complexity index is 340. The Morgan fingerprint density at radius 3 is 2.69 bits per heavy atom. The first kappa shape index (κ1) is 13.9. The van der Waals surface area contributed by atoms with Crippen LogP contribution in [0.1, 0.15) is 37.5 Å². The zero-order valence-corrected chi connectivity index (χ0v) is 11.8. The first-order valence-corrected chi connectivity index (χ1v) is 6.68. The molecule has 0 radical (unpaired) electrons. The Balaban J connectivity index is 2.81. The summed E-state index contributed by atoms with van der Waals surface area (Å²) in [5.41, 5.74) is 0.676. The number of likely N-dealkylation sites (N-methyl/N-ethyl adjacent to an activating group) is 1. The predicted molar refractivity (Wildman–Crippen MR) is 69.0 cm³/mol. The molecule has 1 rings (SSSR count). The van der Waals surface area contributed by atoms with Crippen LogP contribution in [0.25, 0.3) is 0 Å². The molecule has 0 saturated heterocycles. The Hall–Kier alpha value is -0.160. The maximum absolute atomic E-state index is 9.33. The van der Waals surface area contributed by atoms with E-state index in [4.69, 9.17) is 11.6 Å². The van der Waals surface area contributed by atoms with Crippen molar-refractivity contribution in [2.45, 2.75) is 38.2 Å². The largest absolute Gasteiger partial charge is 0.394 e. The summed E-state index contributed by atoms with van der Waals surface area (Å²) in [7, 11) is 2.00. The van der Waals surface area contributed by atoms with Gasteiger partial charge in [-0.25, -0.2) is 4.98 Å². The van der Waals surface area contributed by atoms with Crippen molar-refractivity contribution in [1.29, 1.82) is 0 Å². The van der Waals surface area contributed by atoms with E-state index in [0.29, 0.717) is 5.88 Å². The molecule has 92 valence electrons. The summed E-state index contributed by atoms with van der Waals surface area (Å²) in [5, 5.41) is 12.4. The van der Waals surface area contributed by atoms with Crippen LogP contribution in [0.2, 0.25) is 0 Å². The molecular formula is C11H19ClN2OS. The fourth-order valence-corrected chi connectivity index (χ4v) is 2.52. The first-order valence-electron chi connectivity index (χ1n) is 5.26. The SMILES string of the molecule is CC(c1nc(CCl)cs1)N(C)C(C)(C)CO. The Morgan fingerprint density at radius 2 is 2.25 bits per heavy atom. The number of hydrogen-bond donors (Lipinski definition) is 1. The van der Waals surface area contributed by atoms with E-state index in [-0.39, 0.29) is 18.2 Å². The van der Waals surface area contributed by atoms with Crippen molar-refractivity contribution in [3.63, 3.8) is 0 Å². The van der Waals surface area contributed by atoms with Crippen molar-refractivity contribution in [3.05, 3.63) is 16.1 Å². The number of nitrogens with zero attached hydrogens (tertiary/aromatic N) is 2. The van der Waals surface area contributed by atoms with Crippen molar-refractivity contribution in [1.82, 2.24) is 9.88 Å². The van der Waals surface area contributed by atoms with Crippen LogP contribution in [0.5, 0.6) is 0 Å². The minimum absolute atomic E-state index is 0.127. The lowest BCUT2D eigenvalue weighted by Gasteiger charge is -2.37. The smallest absolute Gasteiger partial charge is 0.110 e. The highest BCUT2D eigenvalue weighted by atomic mass is 35.5. The molecule has 0 spiro atoms. The van der Waals surface area contributed by atoms with Crippen LogP contribution in [0.4, 0.5) is 0 Å². The van der Waals surface area contributed by atoms with E-state index in [1.165, 1.54) is 0 Å². The highest BCUT2D eigenvalue weighted by Gasteiger charge is 2.28. The maximum atomic E-state index is 9.33. The van der Waals surface area contributed by atoms with Gasteiger partial charge in [-0.05, 0) is 27.8 Å². The second-order valence-corrected chi connectivity index (χ2v) is 5.73. The normalized spacial score (nSPS) is 14.4. The number of aromatic nitrogens is 1. The van der Waals surface area contributed by atoms with Crippen molar-refractivity contribution >= 4 is 22.9 Å². The zero-order valence-electron chi connectivity index (χ0n) is 10.2. The number of halogens is 1. The summed E-state index contributed by atoms with van der Waals surface area (Å²) in [6, 6.07) is 0.184. The van der Waals surface area contributed by atoms with Crippen LogP contribution in [-0.2, 0) is 5.88 Å². The van der Waals surface area contributed by atoms with E-state index < -0.39 is 0 Å². The highest BCUT2D eigenvalue weighted by Crippen LogP contribution is 2.28. The molecule has 5 heteroatoms. The van der Waals surface area contributed by atoms with Gasteiger partial charge in [0.2, 0.25) is 0 Å². The number of aliphatic hydroxyl groups excluding tert-OH is 1. The lowest BCUT2D eigenvalue weighted by molar-refractivity contribution is 0.0501. The van der Waals surface area contributed by atoms with Gasteiger partial charge in [0.1, 0.15) is 5.01 Å². The molecule has 1 unspecified atom stereocenters. The maximum Gasteiger partial charge on any atom is 0.110 e. The molecule has 1 aromatic rings. The van der Waals surface area contributed by atoms with Gasteiger partial charge in [-0.15, -0.1) is 22.9 Å². The minimum Gasteiger partial charge on any atom is -0.394 e. The third kappa shape index (κ3) is 2.94. The standard InChI is InChI=1S/C11H19ClN2OS/c1-8(14(4)11(2,3)7-15)10-13-9(5-12)6-16-10/h6,8,15H,5,7H2,1-4H3. The summed E-state index contributed by atoms with van der Waals surface area (Å²) in [6.07, 6.45) is 0. The molecule has 0 aliphatic heterocycles. The zero-order chi connectivity index (χ0) is 12.3. The van der Waals surface area contributed by atoms with Gasteiger partial charge < -0.3 is 5.11 Å². The molecule has 0 aliphatic carbocycles. The second-order valence-electron chi connectivity index (χ2n) is 4.57. The minimum atomic E-state index is -0.244. The molecule has 1 aromatic heterocycles. The fraction of sp³-hybridized carbons (Fsp3) is 0.727. The Kier molecular flexibility index (Phi) is 4.73. The summed E-state index contributed by atoms with van der Waals surface area (Å²) in [5.74, 6) is 0.455. The van der Waals surface area contributed by atoms with Gasteiger partial charge in [0.15, 0.2) is 0 Å². The number of aliphatic hydroxyl groups is 1. The van der Waals surface area contributed by atoms with Gasteiger partial charge in [-0.3, -0.25) is 4.90 Å². The lowest BCUT2D eigenvalue weighted by atomic mass is 10.0. The molecule has 16 heavy (non-hydrogen) atoms. The molecule has 1 N–H and O–H groups in total. The van der Waals surface area contributed by atoms with E-state index in [2.05, 4.69) is 16.8 Å². The van der Waals surface area contributed by atoms with E-state index in [1.807, 2.05) is 26.3 Å². The third-order valence-corrected chi connectivity index (χ3v) is 4.32. The van der Waals surface area contributed by atoms with Crippen LogP contribution in [0.3, 0.4) is 0 Å². The molecule has 0 fully saturated rings. The van der Waals surface area contributed by atoms with Crippen molar-refractivity contribution in [3.8, 4) is 0 Å². The summed E-state index contributed by atoms with van der Waals surface area (Å²) >= 11 is 7.35. The molecule has 1 atom stereocenters. The number of hydrogen-bond acceptors (Lipinski definition) is 4. The quantitative estimate of drug-likeness (QED) is 0.829. The van der Waals surface area contributed by atoms with Gasteiger partial charge >= 0.3 is 0 Å². The second kappa shape index (κ2) is 5.45. The van der Waals surface area contributed by atoms with Gasteiger partial charge in [-0.1, -0.05) is 0 Å². The highest BCUT2D eigenvalue weighted by molar-refractivity contribution is 7.09. The fourth-order valence-electron chi connectivity index (χ4n) is 1.38. The van der Waals surface area contributed by atoms with Crippen molar-refractivity contribution < 1.29 is 5.11 Å². The molecule has 0 amide bonds. The van der Waals surface area contributed by atoms with Crippen LogP contribution < -0.4 is 0 Å². The molecule has 0 bridgehead atoms. The van der Waals surface area contributed by atoms with Gasteiger partial charge in [0.05, 0.1) is 24.2 Å². The van der Waals surface area contributed by atoms with E-state index in [0.717, 1.165) is 10.7 Å². The summed E-state index contributed by atoms with van der Waals surface area (Å²) in [4.78, 5) is 6.59. The monoisotopic (exact) mass is 262 g/mol. The van der Waals surface area contributed by atoms with Crippen molar-refractivity contribution in [2.75, 3.05) is 13.7 Å². The number of thiazole rings is 1. The molecule has 1 heterocycles. The average molecular weight is 263 g/mol. The topological polar surface area (TPSA) is 36.4 Å². The Morgan fingerprint density at radius 1 is 1.62 bits per heavy atom. The van der Waals surface area contributed by atoms with Crippen LogP contribution in [0, 0.1) is 0 Å². The molecular weight excluding hydrogens is 244 g/mol. The van der Waals surface area contributed by atoms with Crippen LogP contribution in [-0.4, -0.2) is 34.2 Å². The molecule has 0 aromatic carbocycles. The predicted octanol–water partition coefficient (Wildman–Crippen LogP) is 2.65. The van der Waals surface area contributed by atoms with Gasteiger partial charge in [0.25, 0.3) is 0 Å². The van der Waals surface area contributed by atoms with Gasteiger partial charge in [-0.2, -0.15) is 0 Å². The third-order valence-electron chi connectivity index (χ3n) is 2.99. The number of rotatable bonds is 5. The average Bonchev–Trinajstić information content (AvgIpc) is 2.75. The van der Waals surface area contributed by atoms with E-state index in [9.17, 15) is 5.11 Å². The number of alkyl halides is 1. The summed E-state index contributed by atoms with van der Waals surface area (Å²) < 4.78 is 0. The van der Waals surface area contributed by atoms with E-state index in [1.54, 1.807) is 11.3 Å². The van der Waals surface area contributed by atoms with Crippen LogP contribution in [0.15, 0.2) is 5.38 Å². The Labute approximate surface area is 106 Å². The van der Waals surface area contributed by atoms with Gasteiger partial charge in [0, 0.05) is 10.9 Å². The molecule has 0 saturated carbocycles. The first-order chi connectivity index (χ1) is 7.42. The summed E-state index contributed by atoms with van der Waals surface area (Å²) in [6.45, 7) is 6.25. The van der Waals surface area contributed by atoms with Crippen molar-refractivity contribution in [2.24, 2.45) is 0 Å². The van der Waals surface area contributed by atoms with Crippen LogP contribution >= 0.6 is 22.9 Å². The van der Waals surface area contributed by atoms with E-state index >= 15 is 0 Å². The lowest BCUT2D eigenvalue weighted by Crippen LogP contribution is -2.45. The molecule has 3 nitrogen and oxygen atoms in total. The molecule has 0 aliphatic rings.